The Bertz CT molecular complexity index is 348. The molecule has 0 aromatic carbocycles. The average molecular weight is 235 g/mol. The van der Waals surface area contributed by atoms with Crippen molar-refractivity contribution in [2.75, 3.05) is 7.11 Å². The van der Waals surface area contributed by atoms with Crippen molar-refractivity contribution in [3.05, 3.63) is 23.9 Å². The zero-order valence-corrected chi connectivity index (χ0v) is 10.4. The highest BCUT2D eigenvalue weighted by Crippen LogP contribution is 2.31. The smallest absolute Gasteiger partial charge is 0.213 e. The summed E-state index contributed by atoms with van der Waals surface area (Å²) in [5, 5.41) is 10.2. The first kappa shape index (κ1) is 12.4. The third-order valence-electron chi connectivity index (χ3n) is 3.58. The van der Waals surface area contributed by atoms with E-state index in [0.29, 0.717) is 11.8 Å². The molecule has 3 heteroatoms. The second-order valence-corrected chi connectivity index (χ2v) is 4.86. The molecule has 0 aliphatic heterocycles. The summed E-state index contributed by atoms with van der Waals surface area (Å²) in [6, 6.07) is 5.55. The van der Waals surface area contributed by atoms with Gasteiger partial charge >= 0.3 is 0 Å². The Hall–Kier alpha value is -1.09. The zero-order valence-electron chi connectivity index (χ0n) is 10.4. The van der Waals surface area contributed by atoms with Gasteiger partial charge < -0.3 is 9.84 Å². The molecule has 1 fully saturated rings. The van der Waals surface area contributed by atoms with Crippen molar-refractivity contribution in [2.24, 2.45) is 5.92 Å². The number of hydrogen-bond donors (Lipinski definition) is 1. The van der Waals surface area contributed by atoms with Crippen LogP contribution in [0.2, 0.25) is 0 Å². The fraction of sp³-hybridized carbons (Fsp3) is 0.643. The first-order valence-electron chi connectivity index (χ1n) is 6.48. The fourth-order valence-electron chi connectivity index (χ4n) is 2.59. The van der Waals surface area contributed by atoms with E-state index in [4.69, 9.17) is 4.74 Å². The van der Waals surface area contributed by atoms with Crippen LogP contribution in [0.3, 0.4) is 0 Å². The number of methoxy groups -OCH3 is 1. The van der Waals surface area contributed by atoms with Crippen LogP contribution < -0.4 is 4.74 Å². The zero-order chi connectivity index (χ0) is 12.1. The molecular formula is C14H21NO2. The standard InChI is InChI=1S/C14H21NO2/c1-17-14-9-5-8-12(15-14)13(16)10-11-6-3-2-4-7-11/h5,8-9,11,13,16H,2-4,6-7,10H2,1H3. The Morgan fingerprint density at radius 3 is 2.82 bits per heavy atom. The molecule has 1 aliphatic carbocycles. The van der Waals surface area contributed by atoms with Crippen LogP contribution in [0.1, 0.15) is 50.3 Å². The van der Waals surface area contributed by atoms with Crippen molar-refractivity contribution in [3.63, 3.8) is 0 Å². The van der Waals surface area contributed by atoms with Crippen LogP contribution >= 0.6 is 0 Å². The lowest BCUT2D eigenvalue weighted by molar-refractivity contribution is 0.127. The Morgan fingerprint density at radius 2 is 2.12 bits per heavy atom. The van der Waals surface area contributed by atoms with Gasteiger partial charge in [0.15, 0.2) is 0 Å². The van der Waals surface area contributed by atoms with Crippen LogP contribution in [-0.2, 0) is 0 Å². The number of rotatable bonds is 4. The van der Waals surface area contributed by atoms with Gasteiger partial charge in [-0.15, -0.1) is 0 Å². The maximum absolute atomic E-state index is 10.2. The fourth-order valence-corrected chi connectivity index (χ4v) is 2.59. The number of aliphatic hydroxyl groups is 1. The van der Waals surface area contributed by atoms with E-state index >= 15 is 0 Å². The van der Waals surface area contributed by atoms with E-state index in [9.17, 15) is 5.11 Å². The minimum absolute atomic E-state index is 0.451. The molecule has 0 bridgehead atoms. The maximum atomic E-state index is 10.2. The van der Waals surface area contributed by atoms with Crippen molar-refractivity contribution >= 4 is 0 Å². The predicted octanol–water partition coefficient (Wildman–Crippen LogP) is 3.09. The lowest BCUT2D eigenvalue weighted by atomic mass is 9.85. The van der Waals surface area contributed by atoms with Crippen LogP contribution in [0, 0.1) is 5.92 Å². The summed E-state index contributed by atoms with van der Waals surface area (Å²) in [6.07, 6.45) is 6.85. The predicted molar refractivity (Wildman–Crippen MR) is 66.9 cm³/mol. The van der Waals surface area contributed by atoms with E-state index < -0.39 is 6.10 Å². The van der Waals surface area contributed by atoms with Gasteiger partial charge in [-0.3, -0.25) is 0 Å². The SMILES string of the molecule is COc1cccc(C(O)CC2CCCCC2)n1. The highest BCUT2D eigenvalue weighted by Gasteiger charge is 2.19. The minimum atomic E-state index is -0.451. The van der Waals surface area contributed by atoms with E-state index in [0.717, 1.165) is 12.1 Å². The quantitative estimate of drug-likeness (QED) is 0.872. The van der Waals surface area contributed by atoms with E-state index in [1.807, 2.05) is 12.1 Å². The molecule has 0 amide bonds. The van der Waals surface area contributed by atoms with Crippen LogP contribution in [0.15, 0.2) is 18.2 Å². The van der Waals surface area contributed by atoms with Gasteiger partial charge in [0.25, 0.3) is 0 Å². The van der Waals surface area contributed by atoms with Gasteiger partial charge in [0.1, 0.15) is 0 Å². The third kappa shape index (κ3) is 3.43. The van der Waals surface area contributed by atoms with Crippen molar-refractivity contribution in [1.29, 1.82) is 0 Å². The van der Waals surface area contributed by atoms with Crippen LogP contribution in [-0.4, -0.2) is 17.2 Å². The second-order valence-electron chi connectivity index (χ2n) is 4.86. The molecule has 94 valence electrons. The highest BCUT2D eigenvalue weighted by molar-refractivity contribution is 5.17. The Kier molecular flexibility index (Phi) is 4.37. The van der Waals surface area contributed by atoms with Crippen LogP contribution in [0.25, 0.3) is 0 Å². The summed E-state index contributed by atoms with van der Waals surface area (Å²) in [5.41, 5.74) is 0.731. The van der Waals surface area contributed by atoms with Crippen molar-refractivity contribution in [2.45, 2.75) is 44.6 Å². The molecule has 3 nitrogen and oxygen atoms in total. The molecular weight excluding hydrogens is 214 g/mol. The van der Waals surface area contributed by atoms with Crippen LogP contribution in [0.5, 0.6) is 5.88 Å². The summed E-state index contributed by atoms with van der Waals surface area (Å²) in [5.74, 6) is 1.23. The van der Waals surface area contributed by atoms with E-state index in [2.05, 4.69) is 4.98 Å². The molecule has 1 heterocycles. The van der Waals surface area contributed by atoms with Crippen molar-refractivity contribution in [1.82, 2.24) is 4.98 Å². The summed E-state index contributed by atoms with van der Waals surface area (Å²) in [7, 11) is 1.60. The first-order chi connectivity index (χ1) is 8.29. The van der Waals surface area contributed by atoms with E-state index in [1.165, 1.54) is 32.1 Å². The van der Waals surface area contributed by atoms with Gasteiger partial charge in [-0.25, -0.2) is 4.98 Å². The molecule has 1 atom stereocenters. The monoisotopic (exact) mass is 235 g/mol. The molecule has 0 radical (unpaired) electrons. The van der Waals surface area contributed by atoms with Crippen molar-refractivity contribution in [3.8, 4) is 5.88 Å². The summed E-state index contributed by atoms with van der Waals surface area (Å²) >= 11 is 0. The van der Waals surface area contributed by atoms with Gasteiger partial charge in [-0.05, 0) is 18.4 Å². The Labute approximate surface area is 103 Å². The summed E-state index contributed by atoms with van der Waals surface area (Å²) < 4.78 is 5.07. The molecule has 0 spiro atoms. The maximum Gasteiger partial charge on any atom is 0.213 e. The third-order valence-corrected chi connectivity index (χ3v) is 3.58. The van der Waals surface area contributed by atoms with Gasteiger partial charge in [0.2, 0.25) is 5.88 Å². The van der Waals surface area contributed by atoms with Gasteiger partial charge in [-0.1, -0.05) is 38.2 Å². The van der Waals surface area contributed by atoms with Crippen molar-refractivity contribution < 1.29 is 9.84 Å². The number of ether oxygens (including phenoxy) is 1. The minimum Gasteiger partial charge on any atom is -0.481 e. The Balaban J connectivity index is 1.95. The van der Waals surface area contributed by atoms with Gasteiger partial charge in [0.05, 0.1) is 18.9 Å². The number of aromatic nitrogens is 1. The van der Waals surface area contributed by atoms with Gasteiger partial charge in [-0.2, -0.15) is 0 Å². The molecule has 1 aliphatic rings. The average Bonchev–Trinajstić information content (AvgIpc) is 2.40. The lowest BCUT2D eigenvalue weighted by Crippen LogP contribution is -2.12. The van der Waals surface area contributed by atoms with E-state index in [1.54, 1.807) is 13.2 Å². The summed E-state index contributed by atoms with van der Waals surface area (Å²) in [4.78, 5) is 4.28. The number of nitrogens with zero attached hydrogens (tertiary/aromatic N) is 1. The molecule has 17 heavy (non-hydrogen) atoms. The molecule has 1 N–H and O–H groups in total. The number of aliphatic hydroxyl groups excluding tert-OH is 1. The lowest BCUT2D eigenvalue weighted by Gasteiger charge is -2.23. The molecule has 1 aromatic heterocycles. The Morgan fingerprint density at radius 1 is 1.35 bits per heavy atom. The van der Waals surface area contributed by atoms with Crippen LogP contribution in [0.4, 0.5) is 0 Å². The molecule has 1 unspecified atom stereocenters. The number of pyridine rings is 1. The molecule has 1 aromatic rings. The highest BCUT2D eigenvalue weighted by atomic mass is 16.5. The number of hydrogen-bond acceptors (Lipinski definition) is 3. The van der Waals surface area contributed by atoms with Gasteiger partial charge in [0, 0.05) is 6.07 Å². The second kappa shape index (κ2) is 6.01. The topological polar surface area (TPSA) is 42.4 Å². The molecule has 2 rings (SSSR count). The largest absolute Gasteiger partial charge is 0.481 e. The summed E-state index contributed by atoms with van der Waals surface area (Å²) in [6.45, 7) is 0. The molecule has 0 saturated heterocycles. The normalized spacial score (nSPS) is 18.9. The first-order valence-corrected chi connectivity index (χ1v) is 6.48. The van der Waals surface area contributed by atoms with E-state index in [-0.39, 0.29) is 0 Å². The molecule has 1 saturated carbocycles.